The maximum absolute atomic E-state index is 6.33. The Morgan fingerprint density at radius 1 is 1.04 bits per heavy atom. The summed E-state index contributed by atoms with van der Waals surface area (Å²) in [6.07, 6.45) is -0.146. The lowest BCUT2D eigenvalue weighted by atomic mass is 9.89. The third-order valence-electron chi connectivity index (χ3n) is 5.12. The summed E-state index contributed by atoms with van der Waals surface area (Å²) in [5.41, 5.74) is 3.27. The minimum Gasteiger partial charge on any atom is -0.384 e. The first-order valence-corrected chi connectivity index (χ1v) is 9.94. The number of rotatable bonds is 9. The van der Waals surface area contributed by atoms with Crippen molar-refractivity contribution in [3.05, 3.63) is 84.1 Å². The second-order valence-electron chi connectivity index (χ2n) is 7.52. The minimum atomic E-state index is -0.0920. The van der Waals surface area contributed by atoms with Crippen LogP contribution in [0, 0.1) is 5.92 Å². The highest BCUT2D eigenvalue weighted by Crippen LogP contribution is 2.26. The molecule has 0 aromatic heterocycles. The Morgan fingerprint density at radius 3 is 2.25 bits per heavy atom. The number of benzene rings is 2. The fraction of sp³-hybridized carbons (Fsp3) is 0.417. The third kappa shape index (κ3) is 5.93. The monoisotopic (exact) mass is 381 g/mol. The standard InChI is InChI=1S/C24H31NO3/c1-18(2)25-22-16-27-23(17-26-14-20-10-6-4-7-11-20)24(19(22)3)28-15-21-12-8-5-9-13-21/h4-13,19,22-25H,1,14-17H2,2-3H3/t19-,22+,23-,24-/m1/s1. The Morgan fingerprint density at radius 2 is 1.64 bits per heavy atom. The van der Waals surface area contributed by atoms with E-state index in [1.54, 1.807) is 0 Å². The van der Waals surface area contributed by atoms with Crippen molar-refractivity contribution in [2.75, 3.05) is 13.2 Å². The van der Waals surface area contributed by atoms with Crippen molar-refractivity contribution in [1.82, 2.24) is 5.32 Å². The lowest BCUT2D eigenvalue weighted by molar-refractivity contribution is -0.167. The molecule has 3 rings (SSSR count). The highest BCUT2D eigenvalue weighted by Gasteiger charge is 2.38. The molecule has 1 saturated heterocycles. The van der Waals surface area contributed by atoms with E-state index in [9.17, 15) is 0 Å². The van der Waals surface area contributed by atoms with E-state index < -0.39 is 0 Å². The van der Waals surface area contributed by atoms with Gasteiger partial charge in [-0.1, -0.05) is 74.2 Å². The largest absolute Gasteiger partial charge is 0.384 e. The van der Waals surface area contributed by atoms with Crippen LogP contribution in [0.4, 0.5) is 0 Å². The van der Waals surface area contributed by atoms with Gasteiger partial charge in [-0.3, -0.25) is 0 Å². The second-order valence-corrected chi connectivity index (χ2v) is 7.52. The molecule has 0 amide bonds. The highest BCUT2D eigenvalue weighted by molar-refractivity contribution is 5.14. The first-order chi connectivity index (χ1) is 13.6. The first kappa shape index (κ1) is 20.6. The summed E-state index contributed by atoms with van der Waals surface area (Å²) >= 11 is 0. The molecule has 4 atom stereocenters. The molecule has 0 spiro atoms. The molecule has 0 aliphatic carbocycles. The number of hydrogen-bond donors (Lipinski definition) is 1. The predicted molar refractivity (Wildman–Crippen MR) is 112 cm³/mol. The fourth-order valence-corrected chi connectivity index (χ4v) is 3.57. The first-order valence-electron chi connectivity index (χ1n) is 9.94. The second kappa shape index (κ2) is 10.4. The van der Waals surface area contributed by atoms with Gasteiger partial charge >= 0.3 is 0 Å². The maximum atomic E-state index is 6.33. The van der Waals surface area contributed by atoms with E-state index in [-0.39, 0.29) is 24.2 Å². The Kier molecular flexibility index (Phi) is 7.66. The number of ether oxygens (including phenoxy) is 3. The van der Waals surface area contributed by atoms with Crippen LogP contribution in [-0.2, 0) is 27.4 Å². The maximum Gasteiger partial charge on any atom is 0.107 e. The molecule has 1 N–H and O–H groups in total. The number of nitrogens with one attached hydrogen (secondary N) is 1. The summed E-state index contributed by atoms with van der Waals surface area (Å²) in [4.78, 5) is 0. The molecule has 1 aliphatic rings. The van der Waals surface area contributed by atoms with Gasteiger partial charge in [-0.15, -0.1) is 0 Å². The van der Waals surface area contributed by atoms with E-state index >= 15 is 0 Å². The van der Waals surface area contributed by atoms with Crippen LogP contribution in [0.1, 0.15) is 25.0 Å². The van der Waals surface area contributed by atoms with Gasteiger partial charge in [0.15, 0.2) is 0 Å². The quantitative estimate of drug-likeness (QED) is 0.702. The van der Waals surface area contributed by atoms with E-state index in [0.29, 0.717) is 26.4 Å². The van der Waals surface area contributed by atoms with Crippen LogP contribution >= 0.6 is 0 Å². The van der Waals surface area contributed by atoms with Crippen LogP contribution in [0.3, 0.4) is 0 Å². The van der Waals surface area contributed by atoms with Crippen LogP contribution < -0.4 is 5.32 Å². The van der Waals surface area contributed by atoms with Gasteiger partial charge in [0.25, 0.3) is 0 Å². The lowest BCUT2D eigenvalue weighted by Crippen LogP contribution is -2.55. The van der Waals surface area contributed by atoms with Gasteiger partial charge in [-0.25, -0.2) is 0 Å². The summed E-state index contributed by atoms with van der Waals surface area (Å²) in [7, 11) is 0. The van der Waals surface area contributed by atoms with E-state index in [2.05, 4.69) is 43.1 Å². The van der Waals surface area contributed by atoms with Crippen molar-refractivity contribution >= 4 is 0 Å². The van der Waals surface area contributed by atoms with Crippen LogP contribution in [0.15, 0.2) is 72.9 Å². The average molecular weight is 382 g/mol. The van der Waals surface area contributed by atoms with Gasteiger partial charge in [-0.05, 0) is 18.1 Å². The van der Waals surface area contributed by atoms with Crippen LogP contribution in [-0.4, -0.2) is 31.5 Å². The fourth-order valence-electron chi connectivity index (χ4n) is 3.57. The van der Waals surface area contributed by atoms with Crippen molar-refractivity contribution in [2.45, 2.75) is 45.3 Å². The molecule has 4 heteroatoms. The van der Waals surface area contributed by atoms with Gasteiger partial charge in [-0.2, -0.15) is 0 Å². The van der Waals surface area contributed by atoms with Crippen molar-refractivity contribution in [3.8, 4) is 0 Å². The summed E-state index contributed by atoms with van der Waals surface area (Å²) in [5.74, 6) is 0.277. The van der Waals surface area contributed by atoms with Gasteiger partial charge in [0, 0.05) is 11.6 Å². The average Bonchev–Trinajstić information content (AvgIpc) is 2.71. The molecule has 28 heavy (non-hydrogen) atoms. The van der Waals surface area contributed by atoms with Crippen molar-refractivity contribution in [2.24, 2.45) is 5.92 Å². The number of hydrogen-bond acceptors (Lipinski definition) is 4. The number of allylic oxidation sites excluding steroid dienone is 1. The topological polar surface area (TPSA) is 39.7 Å². The summed E-state index contributed by atoms with van der Waals surface area (Å²) in [5, 5.41) is 3.42. The molecule has 1 fully saturated rings. The smallest absolute Gasteiger partial charge is 0.107 e. The van der Waals surface area contributed by atoms with E-state index in [4.69, 9.17) is 14.2 Å². The van der Waals surface area contributed by atoms with E-state index in [1.165, 1.54) is 0 Å². The van der Waals surface area contributed by atoms with Crippen molar-refractivity contribution in [1.29, 1.82) is 0 Å². The minimum absolute atomic E-state index is 0.0541. The molecule has 150 valence electrons. The molecule has 0 unspecified atom stereocenters. The highest BCUT2D eigenvalue weighted by atomic mass is 16.6. The molecular formula is C24H31NO3. The van der Waals surface area contributed by atoms with Gasteiger partial charge in [0.2, 0.25) is 0 Å². The summed E-state index contributed by atoms with van der Waals surface area (Å²) in [6.45, 7) is 10.4. The molecule has 0 radical (unpaired) electrons. The summed E-state index contributed by atoms with van der Waals surface area (Å²) < 4.78 is 18.4. The third-order valence-corrected chi connectivity index (χ3v) is 5.12. The van der Waals surface area contributed by atoms with Gasteiger partial charge in [0.05, 0.1) is 38.6 Å². The van der Waals surface area contributed by atoms with E-state index in [0.717, 1.165) is 16.8 Å². The predicted octanol–water partition coefficient (Wildman–Crippen LogP) is 4.32. The molecule has 0 bridgehead atoms. The van der Waals surface area contributed by atoms with Crippen molar-refractivity contribution < 1.29 is 14.2 Å². The Labute approximate surface area is 168 Å². The molecule has 1 heterocycles. The summed E-state index contributed by atoms with van der Waals surface area (Å²) in [6, 6.07) is 20.6. The molecular weight excluding hydrogens is 350 g/mol. The Hall–Kier alpha value is -2.14. The van der Waals surface area contributed by atoms with E-state index in [1.807, 2.05) is 43.3 Å². The molecule has 2 aromatic rings. The van der Waals surface area contributed by atoms with Crippen molar-refractivity contribution in [3.63, 3.8) is 0 Å². The van der Waals surface area contributed by atoms with Crippen LogP contribution in [0.25, 0.3) is 0 Å². The molecule has 2 aromatic carbocycles. The molecule has 1 aliphatic heterocycles. The Bertz CT molecular complexity index is 719. The molecule has 0 saturated carbocycles. The Balaban J connectivity index is 1.61. The zero-order chi connectivity index (χ0) is 19.8. The molecule has 4 nitrogen and oxygen atoms in total. The SMILES string of the molecule is C=C(C)N[C@H]1CO[C@H](COCc2ccccc2)[C@H](OCc2ccccc2)[C@@H]1C. The van der Waals surface area contributed by atoms with Crippen LogP contribution in [0.2, 0.25) is 0 Å². The van der Waals surface area contributed by atoms with Crippen LogP contribution in [0.5, 0.6) is 0 Å². The van der Waals surface area contributed by atoms with Gasteiger partial charge in [0.1, 0.15) is 6.10 Å². The zero-order valence-electron chi connectivity index (χ0n) is 16.8. The lowest BCUT2D eigenvalue weighted by Gasteiger charge is -2.41. The van der Waals surface area contributed by atoms with Gasteiger partial charge < -0.3 is 19.5 Å². The zero-order valence-corrected chi connectivity index (χ0v) is 16.8. The normalized spacial score (nSPS) is 24.6.